The Hall–Kier alpha value is -3.01. The van der Waals surface area contributed by atoms with E-state index < -0.39 is 0 Å². The third-order valence-electron chi connectivity index (χ3n) is 3.87. The molecule has 0 fully saturated rings. The molecular formula is C21H22N2O2. The average molecular weight is 334 g/mol. The number of carbonyl (C=O) groups excluding carboxylic acids is 1. The van der Waals surface area contributed by atoms with Crippen LogP contribution in [0.1, 0.15) is 26.2 Å². The number of carbonyl (C=O) groups is 1. The molecule has 1 N–H and O–H groups in total. The summed E-state index contributed by atoms with van der Waals surface area (Å²) < 4.78 is 7.90. The Labute approximate surface area is 148 Å². The molecule has 0 unspecified atom stereocenters. The highest BCUT2D eigenvalue weighted by molar-refractivity contribution is 5.90. The maximum atomic E-state index is 11.7. The lowest BCUT2D eigenvalue weighted by atomic mass is 10.2. The average Bonchev–Trinajstić information content (AvgIpc) is 3.17. The molecule has 1 aromatic heterocycles. The largest absolute Gasteiger partial charge is 0.457 e. The number of anilines is 1. The Morgan fingerprint density at radius 3 is 2.16 bits per heavy atom. The zero-order valence-electron chi connectivity index (χ0n) is 14.3. The number of unbranched alkanes of at least 4 members (excludes halogenated alkanes) is 1. The molecule has 2 aromatic carbocycles. The fraction of sp³-hybridized carbons (Fsp3) is 0.190. The zero-order chi connectivity index (χ0) is 17.5. The Kier molecular flexibility index (Phi) is 5.52. The second-order valence-electron chi connectivity index (χ2n) is 5.86. The molecule has 25 heavy (non-hydrogen) atoms. The number of rotatable bonds is 7. The molecule has 0 saturated heterocycles. The van der Waals surface area contributed by atoms with E-state index in [0.717, 1.165) is 35.7 Å². The number of aromatic nitrogens is 1. The number of ether oxygens (including phenoxy) is 1. The second kappa shape index (κ2) is 8.20. The monoisotopic (exact) mass is 334 g/mol. The predicted octanol–water partition coefficient (Wildman–Crippen LogP) is 5.40. The van der Waals surface area contributed by atoms with Crippen LogP contribution in [0.4, 0.5) is 5.69 Å². The first-order valence-corrected chi connectivity index (χ1v) is 8.56. The highest BCUT2D eigenvalue weighted by atomic mass is 16.5. The molecule has 3 rings (SSSR count). The maximum absolute atomic E-state index is 11.7. The minimum absolute atomic E-state index is 0.0520. The first kappa shape index (κ1) is 16.8. The first-order chi connectivity index (χ1) is 12.2. The van der Waals surface area contributed by atoms with Crippen molar-refractivity contribution in [3.63, 3.8) is 0 Å². The van der Waals surface area contributed by atoms with Gasteiger partial charge in [-0.05, 0) is 67.1 Å². The second-order valence-corrected chi connectivity index (χ2v) is 5.86. The van der Waals surface area contributed by atoms with Crippen LogP contribution in [0.25, 0.3) is 5.69 Å². The third-order valence-corrected chi connectivity index (χ3v) is 3.87. The Balaban J connectivity index is 1.58. The molecule has 0 spiro atoms. The van der Waals surface area contributed by atoms with Crippen LogP contribution in [-0.2, 0) is 4.79 Å². The van der Waals surface area contributed by atoms with Crippen LogP contribution in [0.3, 0.4) is 0 Å². The van der Waals surface area contributed by atoms with Gasteiger partial charge in [0.15, 0.2) is 0 Å². The van der Waals surface area contributed by atoms with Gasteiger partial charge < -0.3 is 14.6 Å². The van der Waals surface area contributed by atoms with Crippen molar-refractivity contribution < 1.29 is 9.53 Å². The summed E-state index contributed by atoms with van der Waals surface area (Å²) in [6.45, 7) is 2.07. The van der Waals surface area contributed by atoms with Crippen molar-refractivity contribution in [2.45, 2.75) is 26.2 Å². The standard InChI is InChI=1S/C21H22N2O2/c1-2-3-6-21(24)22-17-7-11-19(12-8-17)25-20-13-9-18(10-14-20)23-15-4-5-16-23/h4-5,7-16H,2-3,6H2,1H3,(H,22,24). The quantitative estimate of drug-likeness (QED) is 0.629. The molecule has 0 aliphatic heterocycles. The van der Waals surface area contributed by atoms with Gasteiger partial charge in [-0.2, -0.15) is 0 Å². The normalized spacial score (nSPS) is 10.4. The van der Waals surface area contributed by atoms with E-state index in [4.69, 9.17) is 4.74 Å². The van der Waals surface area contributed by atoms with E-state index >= 15 is 0 Å². The molecule has 0 saturated carbocycles. The van der Waals surface area contributed by atoms with Crippen LogP contribution in [0.15, 0.2) is 73.1 Å². The molecule has 3 aromatic rings. The number of nitrogens with one attached hydrogen (secondary N) is 1. The van der Waals surface area contributed by atoms with E-state index in [1.165, 1.54) is 0 Å². The third kappa shape index (κ3) is 4.73. The predicted molar refractivity (Wildman–Crippen MR) is 100 cm³/mol. The van der Waals surface area contributed by atoms with E-state index in [1.54, 1.807) is 0 Å². The van der Waals surface area contributed by atoms with Crippen molar-refractivity contribution in [3.05, 3.63) is 73.1 Å². The maximum Gasteiger partial charge on any atom is 0.224 e. The molecule has 0 bridgehead atoms. The number of amides is 1. The summed E-state index contributed by atoms with van der Waals surface area (Å²) in [5.74, 6) is 1.56. The van der Waals surface area contributed by atoms with Crippen LogP contribution in [0.2, 0.25) is 0 Å². The smallest absolute Gasteiger partial charge is 0.224 e. The first-order valence-electron chi connectivity index (χ1n) is 8.56. The van der Waals surface area contributed by atoms with Gasteiger partial charge in [0, 0.05) is 30.2 Å². The van der Waals surface area contributed by atoms with Gasteiger partial charge in [-0.15, -0.1) is 0 Å². The van der Waals surface area contributed by atoms with Crippen LogP contribution in [0, 0.1) is 0 Å². The topological polar surface area (TPSA) is 43.3 Å². The van der Waals surface area contributed by atoms with Crippen molar-refractivity contribution >= 4 is 11.6 Å². The molecule has 1 amide bonds. The van der Waals surface area contributed by atoms with Crippen LogP contribution >= 0.6 is 0 Å². The van der Waals surface area contributed by atoms with Gasteiger partial charge in [-0.1, -0.05) is 13.3 Å². The van der Waals surface area contributed by atoms with Gasteiger partial charge in [0.05, 0.1) is 0 Å². The van der Waals surface area contributed by atoms with Crippen LogP contribution < -0.4 is 10.1 Å². The van der Waals surface area contributed by atoms with Crippen molar-refractivity contribution in [2.24, 2.45) is 0 Å². The molecule has 4 heteroatoms. The lowest BCUT2D eigenvalue weighted by Gasteiger charge is -2.09. The molecule has 0 atom stereocenters. The molecule has 0 aliphatic rings. The molecule has 128 valence electrons. The van der Waals surface area contributed by atoms with Crippen molar-refractivity contribution in [1.82, 2.24) is 4.57 Å². The Morgan fingerprint density at radius 2 is 1.56 bits per heavy atom. The minimum atomic E-state index is 0.0520. The van der Waals surface area contributed by atoms with E-state index in [9.17, 15) is 4.79 Å². The summed E-state index contributed by atoms with van der Waals surface area (Å²) in [5.41, 5.74) is 1.87. The minimum Gasteiger partial charge on any atom is -0.457 e. The summed E-state index contributed by atoms with van der Waals surface area (Å²) in [6.07, 6.45) is 6.49. The van der Waals surface area contributed by atoms with E-state index in [2.05, 4.69) is 12.2 Å². The fourth-order valence-electron chi connectivity index (χ4n) is 2.50. The van der Waals surface area contributed by atoms with Crippen LogP contribution in [-0.4, -0.2) is 10.5 Å². The molecule has 1 heterocycles. The van der Waals surface area contributed by atoms with E-state index in [1.807, 2.05) is 77.6 Å². The SMILES string of the molecule is CCCCC(=O)Nc1ccc(Oc2ccc(-n3cccc3)cc2)cc1. The van der Waals surface area contributed by atoms with Crippen LogP contribution in [0.5, 0.6) is 11.5 Å². The van der Waals surface area contributed by atoms with E-state index in [-0.39, 0.29) is 5.91 Å². The summed E-state index contributed by atoms with van der Waals surface area (Å²) in [4.78, 5) is 11.7. The summed E-state index contributed by atoms with van der Waals surface area (Å²) >= 11 is 0. The number of benzene rings is 2. The van der Waals surface area contributed by atoms with Gasteiger partial charge in [0.2, 0.25) is 5.91 Å². The highest BCUT2D eigenvalue weighted by Gasteiger charge is 2.03. The lowest BCUT2D eigenvalue weighted by Crippen LogP contribution is -2.10. The number of nitrogens with zero attached hydrogens (tertiary/aromatic N) is 1. The Bertz CT molecular complexity index is 791. The molecule has 0 aliphatic carbocycles. The van der Waals surface area contributed by atoms with Gasteiger partial charge in [0.1, 0.15) is 11.5 Å². The Morgan fingerprint density at radius 1 is 0.960 bits per heavy atom. The summed E-state index contributed by atoms with van der Waals surface area (Å²) in [6, 6.07) is 19.3. The lowest BCUT2D eigenvalue weighted by molar-refractivity contribution is -0.116. The summed E-state index contributed by atoms with van der Waals surface area (Å²) in [5, 5.41) is 2.89. The molecular weight excluding hydrogens is 312 g/mol. The van der Waals surface area contributed by atoms with E-state index in [0.29, 0.717) is 6.42 Å². The van der Waals surface area contributed by atoms with Gasteiger partial charge in [0.25, 0.3) is 0 Å². The molecule has 4 nitrogen and oxygen atoms in total. The van der Waals surface area contributed by atoms with Gasteiger partial charge >= 0.3 is 0 Å². The van der Waals surface area contributed by atoms with Gasteiger partial charge in [-0.3, -0.25) is 4.79 Å². The van der Waals surface area contributed by atoms with Crippen molar-refractivity contribution in [1.29, 1.82) is 0 Å². The van der Waals surface area contributed by atoms with Crippen molar-refractivity contribution in [2.75, 3.05) is 5.32 Å². The van der Waals surface area contributed by atoms with Gasteiger partial charge in [-0.25, -0.2) is 0 Å². The number of hydrogen-bond donors (Lipinski definition) is 1. The fourth-order valence-corrected chi connectivity index (χ4v) is 2.50. The van der Waals surface area contributed by atoms with Crippen molar-refractivity contribution in [3.8, 4) is 17.2 Å². The highest BCUT2D eigenvalue weighted by Crippen LogP contribution is 2.24. The zero-order valence-corrected chi connectivity index (χ0v) is 14.3. The molecule has 0 radical (unpaired) electrons. The summed E-state index contributed by atoms with van der Waals surface area (Å²) in [7, 11) is 0. The number of hydrogen-bond acceptors (Lipinski definition) is 2.